The van der Waals surface area contributed by atoms with Gasteiger partial charge in [-0.15, -0.1) is 11.3 Å². The molecule has 0 unspecified atom stereocenters. The second-order valence-electron chi connectivity index (χ2n) is 6.85. The summed E-state index contributed by atoms with van der Waals surface area (Å²) in [5.74, 6) is -0.595. The lowest BCUT2D eigenvalue weighted by molar-refractivity contribution is 0.0599. The number of nitrogens with one attached hydrogen (secondary N) is 1. The van der Waals surface area contributed by atoms with Crippen LogP contribution in [0, 0.1) is 6.92 Å². The molecule has 0 aliphatic carbocycles. The zero-order valence-electron chi connectivity index (χ0n) is 17.4. The Hall–Kier alpha value is -3.49. The van der Waals surface area contributed by atoms with E-state index in [-0.39, 0.29) is 11.1 Å². The number of anilines is 2. The van der Waals surface area contributed by atoms with Crippen LogP contribution in [0.4, 0.5) is 11.5 Å². The number of methoxy groups -OCH3 is 2. The number of fused-ring (bicyclic) bond motifs is 1. The average Bonchev–Trinajstić information content (AvgIpc) is 3.15. The predicted octanol–water partition coefficient (Wildman–Crippen LogP) is 5.64. The zero-order valence-corrected chi connectivity index (χ0v) is 19.0. The van der Waals surface area contributed by atoms with Crippen LogP contribution < -0.4 is 5.32 Å². The first-order valence-corrected chi connectivity index (χ1v) is 10.7. The first kappa shape index (κ1) is 21.7. The van der Waals surface area contributed by atoms with Gasteiger partial charge in [-0.1, -0.05) is 23.7 Å². The van der Waals surface area contributed by atoms with Gasteiger partial charge in [0.2, 0.25) is 0 Å². The fourth-order valence-corrected chi connectivity index (χ4v) is 4.55. The minimum Gasteiger partial charge on any atom is -0.465 e. The third-order valence-electron chi connectivity index (χ3n) is 4.84. The van der Waals surface area contributed by atoms with E-state index in [0.29, 0.717) is 16.5 Å². The van der Waals surface area contributed by atoms with E-state index in [4.69, 9.17) is 21.1 Å². The first-order valence-electron chi connectivity index (χ1n) is 9.50. The van der Waals surface area contributed by atoms with Crippen molar-refractivity contribution in [3.63, 3.8) is 0 Å². The van der Waals surface area contributed by atoms with Gasteiger partial charge in [0.15, 0.2) is 0 Å². The molecule has 0 bridgehead atoms. The van der Waals surface area contributed by atoms with Crippen molar-refractivity contribution in [1.29, 1.82) is 0 Å². The molecule has 0 saturated carbocycles. The smallest absolute Gasteiger partial charge is 0.337 e. The number of carbonyl (C=O) groups is 2. The maximum atomic E-state index is 12.1. The fourth-order valence-electron chi connectivity index (χ4n) is 3.41. The molecule has 2 aromatic heterocycles. The Bertz CT molecular complexity index is 1300. The number of carbonyl (C=O) groups excluding carboxylic acids is 2. The molecule has 0 saturated heterocycles. The van der Waals surface area contributed by atoms with Crippen LogP contribution in [0.5, 0.6) is 0 Å². The van der Waals surface area contributed by atoms with Crippen molar-refractivity contribution in [2.24, 2.45) is 0 Å². The van der Waals surface area contributed by atoms with Crippen LogP contribution in [0.25, 0.3) is 21.3 Å². The topological polar surface area (TPSA) is 90.4 Å². The number of hydrogen-bond donors (Lipinski definition) is 1. The van der Waals surface area contributed by atoms with Crippen LogP contribution in [0.2, 0.25) is 5.02 Å². The second kappa shape index (κ2) is 8.94. The van der Waals surface area contributed by atoms with Crippen molar-refractivity contribution in [3.05, 3.63) is 69.8 Å². The van der Waals surface area contributed by atoms with Gasteiger partial charge in [-0.3, -0.25) is 0 Å². The van der Waals surface area contributed by atoms with Crippen LogP contribution in [0.15, 0.2) is 48.8 Å². The number of nitrogens with zero attached hydrogens (tertiary/aromatic N) is 2. The standard InChI is InChI=1S/C23H18ClN3O4S/c1-12-18(13-4-6-16(24)7-5-13)19-20(25-11-26-21(19)32-12)27-17-9-14(22(28)30-2)8-15(10-17)23(29)31-3/h4-11H,1-3H3,(H,25,26,27). The lowest BCUT2D eigenvalue weighted by Crippen LogP contribution is -2.08. The fraction of sp³-hybridized carbons (Fsp3) is 0.130. The summed E-state index contributed by atoms with van der Waals surface area (Å²) in [7, 11) is 2.56. The van der Waals surface area contributed by atoms with Crippen LogP contribution in [-0.4, -0.2) is 36.1 Å². The van der Waals surface area contributed by atoms with Crippen molar-refractivity contribution >= 4 is 56.6 Å². The van der Waals surface area contributed by atoms with Gasteiger partial charge in [0.25, 0.3) is 0 Å². The summed E-state index contributed by atoms with van der Waals surface area (Å²) in [6.45, 7) is 2.02. The Morgan fingerprint density at radius 2 is 1.59 bits per heavy atom. The number of esters is 2. The molecule has 0 aliphatic rings. The van der Waals surface area contributed by atoms with E-state index >= 15 is 0 Å². The van der Waals surface area contributed by atoms with Gasteiger partial charge in [0, 0.05) is 21.2 Å². The summed E-state index contributed by atoms with van der Waals surface area (Å²) in [6.07, 6.45) is 1.47. The molecule has 0 radical (unpaired) electrons. The number of halogens is 1. The van der Waals surface area contributed by atoms with E-state index in [2.05, 4.69) is 15.3 Å². The quantitative estimate of drug-likeness (QED) is 0.380. The molecular formula is C23H18ClN3O4S. The van der Waals surface area contributed by atoms with Gasteiger partial charge < -0.3 is 14.8 Å². The molecule has 7 nitrogen and oxygen atoms in total. The normalized spacial score (nSPS) is 10.8. The highest BCUT2D eigenvalue weighted by Crippen LogP contribution is 2.41. The van der Waals surface area contributed by atoms with Gasteiger partial charge in [0.1, 0.15) is 17.0 Å². The van der Waals surface area contributed by atoms with Gasteiger partial charge in [0.05, 0.1) is 30.7 Å². The highest BCUT2D eigenvalue weighted by molar-refractivity contribution is 7.19. The molecule has 4 rings (SSSR count). The van der Waals surface area contributed by atoms with Crippen molar-refractivity contribution in [2.75, 3.05) is 19.5 Å². The highest BCUT2D eigenvalue weighted by atomic mass is 35.5. The number of thiophene rings is 1. The molecule has 1 N–H and O–H groups in total. The molecule has 0 atom stereocenters. The average molecular weight is 468 g/mol. The monoisotopic (exact) mass is 467 g/mol. The molecule has 32 heavy (non-hydrogen) atoms. The Balaban J connectivity index is 1.86. The molecule has 162 valence electrons. The molecule has 9 heteroatoms. The highest BCUT2D eigenvalue weighted by Gasteiger charge is 2.19. The van der Waals surface area contributed by atoms with Crippen molar-refractivity contribution in [3.8, 4) is 11.1 Å². The van der Waals surface area contributed by atoms with Gasteiger partial charge >= 0.3 is 11.9 Å². The van der Waals surface area contributed by atoms with E-state index in [1.807, 2.05) is 31.2 Å². The van der Waals surface area contributed by atoms with Gasteiger partial charge in [-0.05, 0) is 42.8 Å². The summed E-state index contributed by atoms with van der Waals surface area (Å²) < 4.78 is 9.63. The third kappa shape index (κ3) is 4.15. The van der Waals surface area contributed by atoms with Crippen LogP contribution in [0.3, 0.4) is 0 Å². The Kier molecular flexibility index (Phi) is 6.07. The third-order valence-corrected chi connectivity index (χ3v) is 6.10. The Morgan fingerprint density at radius 1 is 0.969 bits per heavy atom. The molecule has 0 fully saturated rings. The maximum Gasteiger partial charge on any atom is 0.337 e. The summed E-state index contributed by atoms with van der Waals surface area (Å²) in [5, 5.41) is 4.72. The van der Waals surface area contributed by atoms with Crippen molar-refractivity contribution < 1.29 is 19.1 Å². The SMILES string of the molecule is COC(=O)c1cc(Nc2ncnc3sc(C)c(-c4ccc(Cl)cc4)c23)cc(C(=O)OC)c1. The first-order chi connectivity index (χ1) is 15.4. The number of rotatable bonds is 5. The minimum atomic E-state index is -0.570. The lowest BCUT2D eigenvalue weighted by atomic mass is 10.0. The van der Waals surface area contributed by atoms with E-state index in [9.17, 15) is 9.59 Å². The number of aromatic nitrogens is 2. The van der Waals surface area contributed by atoms with Crippen molar-refractivity contribution in [1.82, 2.24) is 9.97 Å². The molecule has 4 aromatic rings. The molecular weight excluding hydrogens is 450 g/mol. The van der Waals surface area contributed by atoms with E-state index in [1.54, 1.807) is 23.5 Å². The largest absolute Gasteiger partial charge is 0.465 e. The number of ether oxygens (including phenoxy) is 2. The molecule has 0 amide bonds. The number of aryl methyl sites for hydroxylation is 1. The summed E-state index contributed by atoms with van der Waals surface area (Å²) >= 11 is 7.62. The molecule has 0 aliphatic heterocycles. The van der Waals surface area contributed by atoms with Crippen LogP contribution >= 0.6 is 22.9 Å². The second-order valence-corrected chi connectivity index (χ2v) is 8.49. The van der Waals surface area contributed by atoms with E-state index < -0.39 is 11.9 Å². The maximum absolute atomic E-state index is 12.1. The Labute approximate surface area is 193 Å². The number of hydrogen-bond acceptors (Lipinski definition) is 8. The van der Waals surface area contributed by atoms with E-state index in [1.165, 1.54) is 26.6 Å². The summed E-state index contributed by atoms with van der Waals surface area (Å²) in [6, 6.07) is 12.2. The molecule has 2 heterocycles. The zero-order chi connectivity index (χ0) is 22.8. The predicted molar refractivity (Wildman–Crippen MR) is 125 cm³/mol. The van der Waals surface area contributed by atoms with Gasteiger partial charge in [-0.25, -0.2) is 19.6 Å². The Morgan fingerprint density at radius 3 is 2.19 bits per heavy atom. The molecule has 0 spiro atoms. The minimum absolute atomic E-state index is 0.211. The van der Waals surface area contributed by atoms with Gasteiger partial charge in [-0.2, -0.15) is 0 Å². The number of benzene rings is 2. The lowest BCUT2D eigenvalue weighted by Gasteiger charge is -2.12. The van der Waals surface area contributed by atoms with E-state index in [0.717, 1.165) is 26.2 Å². The molecule has 2 aromatic carbocycles. The summed E-state index contributed by atoms with van der Waals surface area (Å²) in [4.78, 5) is 35.0. The van der Waals surface area contributed by atoms with Crippen LogP contribution in [0.1, 0.15) is 25.6 Å². The van der Waals surface area contributed by atoms with Crippen LogP contribution in [-0.2, 0) is 9.47 Å². The summed E-state index contributed by atoms with van der Waals surface area (Å²) in [5.41, 5.74) is 2.88. The van der Waals surface area contributed by atoms with Crippen molar-refractivity contribution in [2.45, 2.75) is 6.92 Å².